The van der Waals surface area contributed by atoms with Crippen LogP contribution in [-0.2, 0) is 0 Å². The van der Waals surface area contributed by atoms with E-state index in [4.69, 9.17) is 5.84 Å². The van der Waals surface area contributed by atoms with Crippen molar-refractivity contribution in [2.75, 3.05) is 0 Å². The van der Waals surface area contributed by atoms with E-state index in [0.717, 1.165) is 10.0 Å². The third-order valence-corrected chi connectivity index (χ3v) is 3.27. The number of nitrogens with one attached hydrogen (secondary N) is 1. The van der Waals surface area contributed by atoms with E-state index in [2.05, 4.69) is 58.6 Å². The van der Waals surface area contributed by atoms with Gasteiger partial charge < -0.3 is 0 Å². The molecule has 17 heavy (non-hydrogen) atoms. The highest BCUT2D eigenvalue weighted by atomic mass is 79.9. The standard InChI is InChI=1S/C14H15BrN2/c1-10-3-2-4-12(9-10)14(17-16)11-5-7-13(15)8-6-11/h2-9,14,17H,16H2,1H3. The Hall–Kier alpha value is -1.16. The van der Waals surface area contributed by atoms with Crippen molar-refractivity contribution < 1.29 is 0 Å². The van der Waals surface area contributed by atoms with Crippen molar-refractivity contribution in [2.24, 2.45) is 5.84 Å². The van der Waals surface area contributed by atoms with Gasteiger partial charge in [-0.05, 0) is 30.2 Å². The Morgan fingerprint density at radius 1 is 1.06 bits per heavy atom. The van der Waals surface area contributed by atoms with E-state index in [1.165, 1.54) is 11.1 Å². The number of rotatable bonds is 3. The first-order valence-corrected chi connectivity index (χ1v) is 6.28. The second kappa shape index (κ2) is 5.45. The normalized spacial score (nSPS) is 12.4. The molecule has 0 heterocycles. The summed E-state index contributed by atoms with van der Waals surface area (Å²) in [6.45, 7) is 2.08. The summed E-state index contributed by atoms with van der Waals surface area (Å²) >= 11 is 3.43. The lowest BCUT2D eigenvalue weighted by Gasteiger charge is -2.17. The van der Waals surface area contributed by atoms with E-state index in [1.807, 2.05) is 18.2 Å². The lowest BCUT2D eigenvalue weighted by molar-refractivity contribution is 0.636. The van der Waals surface area contributed by atoms with Gasteiger partial charge in [0.15, 0.2) is 0 Å². The maximum atomic E-state index is 5.66. The van der Waals surface area contributed by atoms with Crippen LogP contribution in [0.4, 0.5) is 0 Å². The quantitative estimate of drug-likeness (QED) is 0.672. The van der Waals surface area contributed by atoms with Gasteiger partial charge in [-0.3, -0.25) is 5.84 Å². The van der Waals surface area contributed by atoms with Gasteiger partial charge in [0.05, 0.1) is 6.04 Å². The molecule has 1 atom stereocenters. The number of hydrogen-bond donors (Lipinski definition) is 2. The van der Waals surface area contributed by atoms with Gasteiger partial charge in [-0.15, -0.1) is 0 Å². The van der Waals surface area contributed by atoms with Gasteiger partial charge in [-0.2, -0.15) is 0 Å². The lowest BCUT2D eigenvalue weighted by Crippen LogP contribution is -2.28. The first-order chi connectivity index (χ1) is 8.20. The van der Waals surface area contributed by atoms with Gasteiger partial charge >= 0.3 is 0 Å². The van der Waals surface area contributed by atoms with Crippen molar-refractivity contribution >= 4 is 15.9 Å². The molecule has 88 valence electrons. The van der Waals surface area contributed by atoms with Gasteiger partial charge in [-0.1, -0.05) is 57.9 Å². The maximum Gasteiger partial charge on any atom is 0.0710 e. The van der Waals surface area contributed by atoms with Crippen LogP contribution in [0.15, 0.2) is 53.0 Å². The number of nitrogens with two attached hydrogens (primary N) is 1. The summed E-state index contributed by atoms with van der Waals surface area (Å²) < 4.78 is 1.07. The molecule has 0 saturated heterocycles. The zero-order valence-electron chi connectivity index (χ0n) is 9.65. The minimum Gasteiger partial charge on any atom is -0.271 e. The molecule has 0 fully saturated rings. The molecule has 0 spiro atoms. The monoisotopic (exact) mass is 290 g/mol. The Morgan fingerprint density at radius 2 is 1.76 bits per heavy atom. The molecule has 0 radical (unpaired) electrons. The van der Waals surface area contributed by atoms with Gasteiger partial charge in [-0.25, -0.2) is 5.43 Å². The van der Waals surface area contributed by atoms with Crippen LogP contribution in [0.1, 0.15) is 22.7 Å². The summed E-state index contributed by atoms with van der Waals surface area (Å²) in [7, 11) is 0. The molecule has 0 bridgehead atoms. The first-order valence-electron chi connectivity index (χ1n) is 5.49. The Kier molecular flexibility index (Phi) is 3.94. The van der Waals surface area contributed by atoms with Crippen LogP contribution in [0.5, 0.6) is 0 Å². The molecule has 2 aromatic rings. The predicted molar refractivity (Wildman–Crippen MR) is 74.5 cm³/mol. The summed E-state index contributed by atoms with van der Waals surface area (Å²) in [6, 6.07) is 16.6. The van der Waals surface area contributed by atoms with Crippen molar-refractivity contribution in [1.29, 1.82) is 0 Å². The van der Waals surface area contributed by atoms with E-state index < -0.39 is 0 Å². The second-order valence-corrected chi connectivity index (χ2v) is 4.98. The molecule has 2 nitrogen and oxygen atoms in total. The molecule has 3 heteroatoms. The van der Waals surface area contributed by atoms with Crippen LogP contribution in [0, 0.1) is 6.92 Å². The molecule has 0 saturated carbocycles. The fourth-order valence-electron chi connectivity index (χ4n) is 1.89. The van der Waals surface area contributed by atoms with E-state index in [-0.39, 0.29) is 6.04 Å². The SMILES string of the molecule is Cc1cccc(C(NN)c2ccc(Br)cc2)c1. The molecule has 1 unspecified atom stereocenters. The Morgan fingerprint density at radius 3 is 2.35 bits per heavy atom. The van der Waals surface area contributed by atoms with Crippen LogP contribution in [0.25, 0.3) is 0 Å². The highest BCUT2D eigenvalue weighted by Crippen LogP contribution is 2.23. The lowest BCUT2D eigenvalue weighted by atomic mass is 9.98. The predicted octanol–water partition coefficient (Wildman–Crippen LogP) is 3.31. The molecule has 0 aliphatic heterocycles. The van der Waals surface area contributed by atoms with Gasteiger partial charge in [0.25, 0.3) is 0 Å². The fraction of sp³-hybridized carbons (Fsp3) is 0.143. The Labute approximate surface area is 110 Å². The second-order valence-electron chi connectivity index (χ2n) is 4.07. The minimum atomic E-state index is 0.0306. The first kappa shape index (κ1) is 12.3. The number of hydrazine groups is 1. The van der Waals surface area contributed by atoms with E-state index in [0.29, 0.717) is 0 Å². The smallest absolute Gasteiger partial charge is 0.0710 e. The number of halogens is 1. The summed E-state index contributed by atoms with van der Waals surface area (Å²) in [5.74, 6) is 5.66. The van der Waals surface area contributed by atoms with Crippen LogP contribution < -0.4 is 11.3 Å². The van der Waals surface area contributed by atoms with Gasteiger partial charge in [0.1, 0.15) is 0 Å². The zero-order chi connectivity index (χ0) is 12.3. The number of aryl methyl sites for hydroxylation is 1. The third-order valence-electron chi connectivity index (χ3n) is 2.75. The molecule has 0 aliphatic rings. The molecule has 0 aromatic heterocycles. The molecule has 0 aliphatic carbocycles. The molecule has 3 N–H and O–H groups in total. The maximum absolute atomic E-state index is 5.66. The van der Waals surface area contributed by atoms with E-state index in [9.17, 15) is 0 Å². The summed E-state index contributed by atoms with van der Waals surface area (Å²) in [5, 5.41) is 0. The molecular weight excluding hydrogens is 276 g/mol. The van der Waals surface area contributed by atoms with Gasteiger partial charge in [0.2, 0.25) is 0 Å². The van der Waals surface area contributed by atoms with E-state index >= 15 is 0 Å². The molecule has 2 rings (SSSR count). The van der Waals surface area contributed by atoms with Crippen molar-refractivity contribution in [2.45, 2.75) is 13.0 Å². The summed E-state index contributed by atoms with van der Waals surface area (Å²) in [4.78, 5) is 0. The highest BCUT2D eigenvalue weighted by Gasteiger charge is 2.11. The number of benzene rings is 2. The molecule has 0 amide bonds. The molecule has 2 aromatic carbocycles. The topological polar surface area (TPSA) is 38.0 Å². The average Bonchev–Trinajstić information content (AvgIpc) is 2.33. The summed E-state index contributed by atoms with van der Waals surface area (Å²) in [6.07, 6.45) is 0. The average molecular weight is 291 g/mol. The minimum absolute atomic E-state index is 0.0306. The summed E-state index contributed by atoms with van der Waals surface area (Å²) in [5.41, 5.74) is 6.43. The van der Waals surface area contributed by atoms with Gasteiger partial charge in [0, 0.05) is 4.47 Å². The third kappa shape index (κ3) is 2.94. The molecular formula is C14H15BrN2. The van der Waals surface area contributed by atoms with Crippen LogP contribution in [0.2, 0.25) is 0 Å². The number of hydrogen-bond acceptors (Lipinski definition) is 2. The van der Waals surface area contributed by atoms with Crippen molar-refractivity contribution in [3.8, 4) is 0 Å². The van der Waals surface area contributed by atoms with Crippen LogP contribution in [0.3, 0.4) is 0 Å². The van der Waals surface area contributed by atoms with Crippen molar-refractivity contribution in [3.05, 3.63) is 69.7 Å². The van der Waals surface area contributed by atoms with Crippen LogP contribution >= 0.6 is 15.9 Å². The Balaban J connectivity index is 2.36. The fourth-order valence-corrected chi connectivity index (χ4v) is 2.15. The van der Waals surface area contributed by atoms with Crippen LogP contribution in [-0.4, -0.2) is 0 Å². The van der Waals surface area contributed by atoms with Crippen molar-refractivity contribution in [1.82, 2.24) is 5.43 Å². The Bertz CT molecular complexity index is 494. The largest absolute Gasteiger partial charge is 0.271 e. The highest BCUT2D eigenvalue weighted by molar-refractivity contribution is 9.10. The van der Waals surface area contributed by atoms with Crippen molar-refractivity contribution in [3.63, 3.8) is 0 Å². The van der Waals surface area contributed by atoms with E-state index in [1.54, 1.807) is 0 Å². The zero-order valence-corrected chi connectivity index (χ0v) is 11.2.